The molecular weight excluding hydrogens is 547 g/mol. The predicted molar refractivity (Wildman–Crippen MR) is 168 cm³/mol. The normalized spacial score (nSPS) is 14.9. The van der Waals surface area contributed by atoms with Crippen LogP contribution >= 0.6 is 0 Å². The Morgan fingerprint density at radius 2 is 1.74 bits per heavy atom. The van der Waals surface area contributed by atoms with Gasteiger partial charge in [-0.3, -0.25) is 4.79 Å². The SMILES string of the molecule is COc1ccc(CN(C)C)cc1NC(=O)[C@H](NC(=O)N1CCN(c2ccc(F)cc2)CC1)[C@@H](C)c1c[nH]c2ccccc12. The van der Waals surface area contributed by atoms with Crippen LogP contribution in [0.2, 0.25) is 0 Å². The third kappa shape index (κ3) is 6.91. The predicted octanol–water partition coefficient (Wildman–Crippen LogP) is 5.02. The molecule has 9 nitrogen and oxygen atoms in total. The number of nitrogens with one attached hydrogen (secondary N) is 3. The molecular formula is C33H39FN6O3. The Morgan fingerprint density at radius 1 is 1.02 bits per heavy atom. The minimum atomic E-state index is -0.871. The number of hydrogen-bond acceptors (Lipinski definition) is 5. The number of nitrogens with zero attached hydrogens (tertiary/aromatic N) is 3. The highest BCUT2D eigenvalue weighted by Crippen LogP contribution is 2.31. The summed E-state index contributed by atoms with van der Waals surface area (Å²) in [5.74, 6) is -0.428. The van der Waals surface area contributed by atoms with E-state index in [0.717, 1.165) is 27.7 Å². The average molecular weight is 587 g/mol. The smallest absolute Gasteiger partial charge is 0.318 e. The van der Waals surface area contributed by atoms with E-state index < -0.39 is 6.04 Å². The Bertz CT molecular complexity index is 1560. The van der Waals surface area contributed by atoms with E-state index in [9.17, 15) is 14.0 Å². The number of amides is 3. The molecule has 2 atom stereocenters. The standard InChI is InChI=1S/C33H39FN6O3/c1-22(27-20-35-28-8-6-5-7-26(27)28)31(32(41)36-29-19-23(21-38(2)3)9-14-30(29)43-4)37-33(42)40-17-15-39(16-18-40)25-12-10-24(34)11-13-25/h5-14,19-20,22,31,35H,15-18,21H2,1-4H3,(H,36,41)(H,37,42)/t22-,31+/m0/s1. The third-order valence-electron chi connectivity index (χ3n) is 7.95. The number of rotatable bonds is 9. The first-order valence-corrected chi connectivity index (χ1v) is 14.5. The first kappa shape index (κ1) is 29.9. The largest absolute Gasteiger partial charge is 0.495 e. The van der Waals surface area contributed by atoms with Gasteiger partial charge in [0.15, 0.2) is 0 Å². The Morgan fingerprint density at radius 3 is 2.44 bits per heavy atom. The fraction of sp³-hybridized carbons (Fsp3) is 0.333. The fourth-order valence-corrected chi connectivity index (χ4v) is 5.64. The first-order chi connectivity index (χ1) is 20.7. The monoisotopic (exact) mass is 586 g/mol. The first-order valence-electron chi connectivity index (χ1n) is 14.5. The van der Waals surface area contributed by atoms with Gasteiger partial charge in [0, 0.05) is 61.4 Å². The number of benzene rings is 3. The summed E-state index contributed by atoms with van der Waals surface area (Å²) in [4.78, 5) is 36.8. The molecule has 0 unspecified atom stereocenters. The van der Waals surface area contributed by atoms with Crippen molar-refractivity contribution in [1.82, 2.24) is 20.1 Å². The van der Waals surface area contributed by atoms with E-state index >= 15 is 0 Å². The molecule has 3 aromatic carbocycles. The van der Waals surface area contributed by atoms with Crippen LogP contribution in [0.15, 0.2) is 72.9 Å². The lowest BCUT2D eigenvalue weighted by Gasteiger charge is -2.37. The minimum Gasteiger partial charge on any atom is -0.495 e. The second-order valence-corrected chi connectivity index (χ2v) is 11.2. The highest BCUT2D eigenvalue weighted by Gasteiger charge is 2.32. The molecule has 5 rings (SSSR count). The number of para-hydroxylation sites is 1. The van der Waals surface area contributed by atoms with Crippen molar-refractivity contribution in [3.05, 3.63) is 89.9 Å². The minimum absolute atomic E-state index is 0.280. The molecule has 10 heteroatoms. The lowest BCUT2D eigenvalue weighted by Crippen LogP contribution is -2.56. The van der Waals surface area contributed by atoms with Crippen molar-refractivity contribution in [3.8, 4) is 5.75 Å². The molecule has 4 aromatic rings. The van der Waals surface area contributed by atoms with E-state index in [0.29, 0.717) is 44.2 Å². The number of aromatic nitrogens is 1. The van der Waals surface area contributed by atoms with Gasteiger partial charge in [0.25, 0.3) is 0 Å². The van der Waals surface area contributed by atoms with Gasteiger partial charge >= 0.3 is 6.03 Å². The van der Waals surface area contributed by atoms with E-state index in [1.54, 1.807) is 24.1 Å². The maximum Gasteiger partial charge on any atom is 0.318 e. The van der Waals surface area contributed by atoms with Gasteiger partial charge in [-0.25, -0.2) is 9.18 Å². The number of carbonyl (C=O) groups is 2. The summed E-state index contributed by atoms with van der Waals surface area (Å²) in [6.07, 6.45) is 1.90. The van der Waals surface area contributed by atoms with Crippen molar-refractivity contribution < 1.29 is 18.7 Å². The molecule has 0 saturated carbocycles. The maximum absolute atomic E-state index is 14.0. The second-order valence-electron chi connectivity index (χ2n) is 11.2. The number of methoxy groups -OCH3 is 1. The van der Waals surface area contributed by atoms with Gasteiger partial charge in [-0.1, -0.05) is 31.2 Å². The van der Waals surface area contributed by atoms with Gasteiger partial charge in [0.1, 0.15) is 17.6 Å². The van der Waals surface area contributed by atoms with Crippen LogP contribution < -0.4 is 20.3 Å². The highest BCUT2D eigenvalue weighted by molar-refractivity contribution is 5.99. The zero-order chi connectivity index (χ0) is 30.5. The molecule has 1 aromatic heterocycles. The van der Waals surface area contributed by atoms with Crippen LogP contribution in [-0.4, -0.2) is 80.1 Å². The van der Waals surface area contributed by atoms with Gasteiger partial charge in [-0.05, 0) is 67.7 Å². The van der Waals surface area contributed by atoms with Crippen molar-refractivity contribution in [2.75, 3.05) is 57.6 Å². The van der Waals surface area contributed by atoms with Crippen molar-refractivity contribution in [2.45, 2.75) is 25.4 Å². The van der Waals surface area contributed by atoms with Crippen LogP contribution in [0.3, 0.4) is 0 Å². The lowest BCUT2D eigenvalue weighted by atomic mass is 9.92. The fourth-order valence-electron chi connectivity index (χ4n) is 5.64. The van der Waals surface area contributed by atoms with Crippen LogP contribution in [0.25, 0.3) is 10.9 Å². The van der Waals surface area contributed by atoms with Crippen LogP contribution in [0.4, 0.5) is 20.6 Å². The molecule has 2 heterocycles. The number of ether oxygens (including phenoxy) is 1. The number of anilines is 2. The third-order valence-corrected chi connectivity index (χ3v) is 7.95. The summed E-state index contributed by atoms with van der Waals surface area (Å²) in [7, 11) is 5.53. The van der Waals surface area contributed by atoms with E-state index in [1.165, 1.54) is 12.1 Å². The summed E-state index contributed by atoms with van der Waals surface area (Å²) < 4.78 is 18.9. The van der Waals surface area contributed by atoms with Crippen molar-refractivity contribution >= 4 is 34.2 Å². The summed E-state index contributed by atoms with van der Waals surface area (Å²) in [6.45, 7) is 4.79. The van der Waals surface area contributed by atoms with Crippen molar-refractivity contribution in [3.63, 3.8) is 0 Å². The Labute approximate surface area is 251 Å². The molecule has 226 valence electrons. The van der Waals surface area contributed by atoms with Crippen molar-refractivity contribution in [2.24, 2.45) is 0 Å². The van der Waals surface area contributed by atoms with E-state index in [1.807, 2.05) is 74.6 Å². The summed E-state index contributed by atoms with van der Waals surface area (Å²) in [5.41, 5.74) is 4.38. The number of urea groups is 1. The Hall–Kier alpha value is -4.57. The van der Waals surface area contributed by atoms with E-state index in [-0.39, 0.29) is 23.7 Å². The highest BCUT2D eigenvalue weighted by atomic mass is 19.1. The maximum atomic E-state index is 14.0. The van der Waals surface area contributed by atoms with Crippen LogP contribution in [0, 0.1) is 5.82 Å². The zero-order valence-electron chi connectivity index (χ0n) is 25.1. The quantitative estimate of drug-likeness (QED) is 0.256. The van der Waals surface area contributed by atoms with Gasteiger partial charge in [0.05, 0.1) is 12.8 Å². The molecule has 1 fully saturated rings. The summed E-state index contributed by atoms with van der Waals surface area (Å²) >= 11 is 0. The Kier molecular flexibility index (Phi) is 9.16. The zero-order valence-corrected chi connectivity index (χ0v) is 25.1. The topological polar surface area (TPSA) is 92.9 Å². The number of halogens is 1. The van der Waals surface area contributed by atoms with Gasteiger partial charge in [-0.15, -0.1) is 0 Å². The number of fused-ring (bicyclic) bond motifs is 1. The molecule has 0 radical (unpaired) electrons. The number of H-pyrrole nitrogens is 1. The lowest BCUT2D eigenvalue weighted by molar-refractivity contribution is -0.118. The van der Waals surface area contributed by atoms with E-state index in [2.05, 4.69) is 20.5 Å². The molecule has 3 N–H and O–H groups in total. The molecule has 0 aliphatic carbocycles. The van der Waals surface area contributed by atoms with Crippen molar-refractivity contribution in [1.29, 1.82) is 0 Å². The molecule has 1 saturated heterocycles. The molecule has 1 aliphatic heterocycles. The Balaban J connectivity index is 1.37. The van der Waals surface area contributed by atoms with E-state index in [4.69, 9.17) is 4.74 Å². The van der Waals surface area contributed by atoms with Gasteiger partial charge in [-0.2, -0.15) is 0 Å². The molecule has 3 amide bonds. The molecule has 0 bridgehead atoms. The summed E-state index contributed by atoms with van der Waals surface area (Å²) in [5, 5.41) is 7.09. The molecule has 0 spiro atoms. The summed E-state index contributed by atoms with van der Waals surface area (Å²) in [6, 6.07) is 18.8. The van der Waals surface area contributed by atoms with Gasteiger partial charge in [0.2, 0.25) is 5.91 Å². The van der Waals surface area contributed by atoms with Crippen LogP contribution in [0.1, 0.15) is 24.0 Å². The van der Waals surface area contributed by atoms with Gasteiger partial charge < -0.3 is 35.1 Å². The number of piperazine rings is 1. The van der Waals surface area contributed by atoms with Crippen LogP contribution in [0.5, 0.6) is 5.75 Å². The molecule has 43 heavy (non-hydrogen) atoms. The second kappa shape index (κ2) is 13.2. The number of aromatic amines is 1. The number of hydrogen-bond donors (Lipinski definition) is 3. The molecule has 1 aliphatic rings. The average Bonchev–Trinajstić information content (AvgIpc) is 3.44. The number of carbonyl (C=O) groups excluding carboxylic acids is 2. The van der Waals surface area contributed by atoms with Crippen LogP contribution in [-0.2, 0) is 11.3 Å².